The number of oxazole rings is 1. The van der Waals surface area contributed by atoms with Gasteiger partial charge in [-0.2, -0.15) is 0 Å². The number of benzene rings is 1. The molecule has 8 heteroatoms. The zero-order chi connectivity index (χ0) is 20.3. The number of aromatic nitrogens is 1. The molecule has 2 amide bonds. The molecule has 1 saturated heterocycles. The number of carboxylic acid groups (broad SMARTS) is 1. The van der Waals surface area contributed by atoms with E-state index in [1.54, 1.807) is 18.9 Å². The number of aliphatic carboxylic acids is 1. The fourth-order valence-corrected chi connectivity index (χ4v) is 3.29. The Morgan fingerprint density at radius 2 is 1.86 bits per heavy atom. The first-order valence-electron chi connectivity index (χ1n) is 9.15. The summed E-state index contributed by atoms with van der Waals surface area (Å²) in [6.45, 7) is 2.34. The van der Waals surface area contributed by atoms with Crippen LogP contribution in [0.3, 0.4) is 0 Å². The van der Waals surface area contributed by atoms with Gasteiger partial charge in [0, 0.05) is 32.6 Å². The summed E-state index contributed by atoms with van der Waals surface area (Å²) in [6, 6.07) is 9.21. The highest BCUT2D eigenvalue weighted by atomic mass is 16.4. The van der Waals surface area contributed by atoms with Gasteiger partial charge in [0.1, 0.15) is 0 Å². The summed E-state index contributed by atoms with van der Waals surface area (Å²) < 4.78 is 5.62. The maximum atomic E-state index is 12.9. The van der Waals surface area contributed by atoms with Crippen molar-refractivity contribution in [2.75, 3.05) is 26.7 Å². The first kappa shape index (κ1) is 19.6. The Balaban J connectivity index is 1.67. The number of piperidine rings is 1. The molecule has 2 aromatic rings. The van der Waals surface area contributed by atoms with Crippen LogP contribution in [0.15, 0.2) is 34.7 Å². The minimum absolute atomic E-state index is 0.100. The molecule has 0 bridgehead atoms. The van der Waals surface area contributed by atoms with Crippen LogP contribution in [0.2, 0.25) is 0 Å². The molecule has 3 rings (SSSR count). The van der Waals surface area contributed by atoms with Crippen molar-refractivity contribution in [2.24, 2.45) is 5.92 Å². The van der Waals surface area contributed by atoms with E-state index < -0.39 is 17.8 Å². The van der Waals surface area contributed by atoms with Gasteiger partial charge in [-0.05, 0) is 12.8 Å². The van der Waals surface area contributed by atoms with E-state index in [9.17, 15) is 14.4 Å². The van der Waals surface area contributed by atoms with Crippen molar-refractivity contribution >= 4 is 17.8 Å². The molecule has 0 radical (unpaired) electrons. The second-order valence-corrected chi connectivity index (χ2v) is 6.93. The predicted octanol–water partition coefficient (Wildman–Crippen LogP) is 2.05. The lowest BCUT2D eigenvalue weighted by Crippen LogP contribution is -2.45. The van der Waals surface area contributed by atoms with Gasteiger partial charge in [0.2, 0.25) is 5.91 Å². The number of carboxylic acids is 1. The van der Waals surface area contributed by atoms with E-state index in [1.165, 1.54) is 4.90 Å². The van der Waals surface area contributed by atoms with Crippen molar-refractivity contribution < 1.29 is 23.9 Å². The summed E-state index contributed by atoms with van der Waals surface area (Å²) in [7, 11) is 1.54. The van der Waals surface area contributed by atoms with Crippen LogP contribution in [0.1, 0.15) is 29.2 Å². The van der Waals surface area contributed by atoms with Gasteiger partial charge in [0.15, 0.2) is 17.3 Å². The minimum Gasteiger partial charge on any atom is -0.481 e. The van der Waals surface area contributed by atoms with E-state index in [2.05, 4.69) is 4.98 Å². The van der Waals surface area contributed by atoms with Crippen molar-refractivity contribution in [1.82, 2.24) is 14.8 Å². The molecule has 0 spiro atoms. The quantitative estimate of drug-likeness (QED) is 0.845. The first-order valence-corrected chi connectivity index (χ1v) is 9.15. The largest absolute Gasteiger partial charge is 0.481 e. The highest BCUT2D eigenvalue weighted by Crippen LogP contribution is 2.25. The second-order valence-electron chi connectivity index (χ2n) is 6.93. The molecule has 0 atom stereocenters. The fourth-order valence-electron chi connectivity index (χ4n) is 3.29. The molecule has 8 nitrogen and oxygen atoms in total. The molecule has 0 unspecified atom stereocenters. The molecule has 148 valence electrons. The predicted molar refractivity (Wildman–Crippen MR) is 101 cm³/mol. The monoisotopic (exact) mass is 385 g/mol. The third-order valence-corrected chi connectivity index (χ3v) is 4.89. The Morgan fingerprint density at radius 1 is 1.21 bits per heavy atom. The number of amides is 2. The van der Waals surface area contributed by atoms with E-state index in [0.717, 1.165) is 5.56 Å². The van der Waals surface area contributed by atoms with Crippen LogP contribution >= 0.6 is 0 Å². The van der Waals surface area contributed by atoms with Crippen LogP contribution < -0.4 is 0 Å². The first-order chi connectivity index (χ1) is 13.4. The van der Waals surface area contributed by atoms with Crippen LogP contribution in [0.25, 0.3) is 11.3 Å². The average molecular weight is 385 g/mol. The highest BCUT2D eigenvalue weighted by Gasteiger charge is 2.29. The summed E-state index contributed by atoms with van der Waals surface area (Å²) in [5, 5.41) is 9.06. The smallest absolute Gasteiger partial charge is 0.306 e. The van der Waals surface area contributed by atoms with Gasteiger partial charge in [0.25, 0.3) is 5.91 Å². The Labute approximate surface area is 162 Å². The minimum atomic E-state index is -0.825. The molecule has 28 heavy (non-hydrogen) atoms. The lowest BCUT2D eigenvalue weighted by Gasteiger charge is -2.31. The molecule has 1 aromatic carbocycles. The van der Waals surface area contributed by atoms with Gasteiger partial charge in [-0.1, -0.05) is 30.3 Å². The lowest BCUT2D eigenvalue weighted by atomic mass is 9.97. The van der Waals surface area contributed by atoms with E-state index in [1.807, 2.05) is 30.3 Å². The van der Waals surface area contributed by atoms with Gasteiger partial charge < -0.3 is 19.3 Å². The van der Waals surface area contributed by atoms with Gasteiger partial charge in [-0.3, -0.25) is 14.4 Å². The standard InChI is InChI=1S/C20H23N3O5/c1-13-21-17(18(28-13)14-6-4-3-5-7-14)19(25)22(2)12-16(24)23-10-8-15(9-11-23)20(26)27/h3-7,15H,8-12H2,1-2H3,(H,26,27). The fraction of sp³-hybridized carbons (Fsp3) is 0.400. The normalized spacial score (nSPS) is 14.7. The van der Waals surface area contributed by atoms with Crippen molar-refractivity contribution in [3.63, 3.8) is 0 Å². The summed E-state index contributed by atoms with van der Waals surface area (Å²) in [5.41, 5.74) is 0.908. The molecule has 1 fully saturated rings. The van der Waals surface area contributed by atoms with E-state index in [-0.39, 0.29) is 18.1 Å². The van der Waals surface area contributed by atoms with Crippen molar-refractivity contribution in [1.29, 1.82) is 0 Å². The van der Waals surface area contributed by atoms with Gasteiger partial charge in [-0.15, -0.1) is 0 Å². The Hall–Kier alpha value is -3.16. The van der Waals surface area contributed by atoms with Crippen molar-refractivity contribution in [3.8, 4) is 11.3 Å². The highest BCUT2D eigenvalue weighted by molar-refractivity contribution is 5.99. The third kappa shape index (κ3) is 4.21. The maximum Gasteiger partial charge on any atom is 0.306 e. The van der Waals surface area contributed by atoms with Crippen molar-refractivity contribution in [3.05, 3.63) is 41.9 Å². The molecule has 1 aliphatic heterocycles. The zero-order valence-corrected chi connectivity index (χ0v) is 15.9. The van der Waals surface area contributed by atoms with E-state index in [4.69, 9.17) is 9.52 Å². The number of carbonyl (C=O) groups excluding carboxylic acids is 2. The number of rotatable bonds is 5. The number of hydrogen-bond donors (Lipinski definition) is 1. The average Bonchev–Trinajstić information content (AvgIpc) is 3.09. The molecule has 1 N–H and O–H groups in total. The van der Waals surface area contributed by atoms with Crippen LogP contribution in [0.5, 0.6) is 0 Å². The number of likely N-dealkylation sites (tertiary alicyclic amines) is 1. The van der Waals surface area contributed by atoms with Gasteiger partial charge >= 0.3 is 5.97 Å². The molecule has 1 aliphatic rings. The number of aryl methyl sites for hydroxylation is 1. The number of hydrogen-bond acceptors (Lipinski definition) is 5. The maximum absolute atomic E-state index is 12.9. The van der Waals surface area contributed by atoms with Crippen LogP contribution in [-0.4, -0.2) is 64.4 Å². The van der Waals surface area contributed by atoms with Gasteiger partial charge in [-0.25, -0.2) is 4.98 Å². The summed E-state index contributed by atoms with van der Waals surface area (Å²) in [6.07, 6.45) is 0.860. The number of nitrogens with zero attached hydrogens (tertiary/aromatic N) is 3. The number of carbonyl (C=O) groups is 3. The SMILES string of the molecule is Cc1nc(C(=O)N(C)CC(=O)N2CCC(C(=O)O)CC2)c(-c2ccccc2)o1. The topological polar surface area (TPSA) is 104 Å². The second kappa shape index (κ2) is 8.24. The van der Waals surface area contributed by atoms with Gasteiger partial charge in [0.05, 0.1) is 12.5 Å². The molecular formula is C20H23N3O5. The van der Waals surface area contributed by atoms with Crippen molar-refractivity contribution in [2.45, 2.75) is 19.8 Å². The third-order valence-electron chi connectivity index (χ3n) is 4.89. The summed E-state index contributed by atoms with van der Waals surface area (Å²) in [4.78, 5) is 43.6. The van der Waals surface area contributed by atoms with Crippen LogP contribution in [0, 0.1) is 12.8 Å². The molecule has 2 heterocycles. The molecular weight excluding hydrogens is 362 g/mol. The number of likely N-dealkylation sites (N-methyl/N-ethyl adjacent to an activating group) is 1. The van der Waals surface area contributed by atoms with Crippen LogP contribution in [0.4, 0.5) is 0 Å². The molecule has 0 aliphatic carbocycles. The Kier molecular flexibility index (Phi) is 5.77. The van der Waals surface area contributed by atoms with E-state index >= 15 is 0 Å². The Bertz CT molecular complexity index is 869. The molecule has 0 saturated carbocycles. The summed E-state index contributed by atoms with van der Waals surface area (Å²) >= 11 is 0. The summed E-state index contributed by atoms with van der Waals surface area (Å²) in [5.74, 6) is -1.09. The van der Waals surface area contributed by atoms with E-state index in [0.29, 0.717) is 37.6 Å². The van der Waals surface area contributed by atoms with Crippen LogP contribution in [-0.2, 0) is 9.59 Å². The zero-order valence-electron chi connectivity index (χ0n) is 15.9. The molecule has 1 aromatic heterocycles. The Morgan fingerprint density at radius 3 is 2.46 bits per heavy atom. The lowest BCUT2D eigenvalue weighted by molar-refractivity contribution is -0.145.